The molecule has 0 unspecified atom stereocenters. The summed E-state index contributed by atoms with van der Waals surface area (Å²) in [5, 5.41) is 1.58. The number of ether oxygens (including phenoxy) is 1. The van der Waals surface area contributed by atoms with Crippen molar-refractivity contribution < 1.29 is 23.9 Å². The second-order valence-corrected chi connectivity index (χ2v) is 8.82. The second kappa shape index (κ2) is 7.44. The average Bonchev–Trinajstić information content (AvgIpc) is 3.08. The van der Waals surface area contributed by atoms with E-state index in [1.165, 1.54) is 18.7 Å². The predicted molar refractivity (Wildman–Crippen MR) is 117 cm³/mol. The number of barbiturate groups is 1. The lowest BCUT2D eigenvalue weighted by molar-refractivity contribution is -0.147. The summed E-state index contributed by atoms with van der Waals surface area (Å²) in [5.41, 5.74) is 0.785. The summed E-state index contributed by atoms with van der Waals surface area (Å²) in [6, 6.07) is 8.49. The minimum absolute atomic E-state index is 0.0594. The minimum Gasteiger partial charge on any atom is -0.443 e. The number of urea groups is 1. The van der Waals surface area contributed by atoms with Gasteiger partial charge in [-0.1, -0.05) is 18.2 Å². The van der Waals surface area contributed by atoms with E-state index in [2.05, 4.69) is 4.98 Å². The quantitative estimate of drug-likeness (QED) is 0.572. The Balaban J connectivity index is 1.90. The summed E-state index contributed by atoms with van der Waals surface area (Å²) in [6.45, 7) is 5.33. The van der Waals surface area contributed by atoms with E-state index in [9.17, 15) is 19.2 Å². The standard InChI is InChI=1S/C23H24N4O5/c1-23(2,3)32-22(31)27-17-9-7-6-8-13(17)14-10-11-24-16(18(14)27)12-15-19(28)25(4)21(30)26(5)20(15)29/h6-11,15H,12H2,1-5H3. The van der Waals surface area contributed by atoms with Gasteiger partial charge in [-0.15, -0.1) is 0 Å². The lowest BCUT2D eigenvalue weighted by atomic mass is 9.97. The highest BCUT2D eigenvalue weighted by Crippen LogP contribution is 2.32. The number of fused-ring (bicyclic) bond motifs is 3. The zero-order valence-electron chi connectivity index (χ0n) is 18.6. The highest BCUT2D eigenvalue weighted by molar-refractivity contribution is 6.16. The molecule has 4 rings (SSSR count). The molecule has 0 aliphatic carbocycles. The van der Waals surface area contributed by atoms with E-state index in [-0.39, 0.29) is 6.42 Å². The van der Waals surface area contributed by atoms with Crippen LogP contribution in [0.1, 0.15) is 26.5 Å². The number of para-hydroxylation sites is 1. The van der Waals surface area contributed by atoms with Gasteiger partial charge in [0, 0.05) is 37.5 Å². The van der Waals surface area contributed by atoms with Crippen LogP contribution in [-0.4, -0.2) is 63.0 Å². The van der Waals surface area contributed by atoms with Crippen LogP contribution in [0.3, 0.4) is 0 Å². The first-order valence-electron chi connectivity index (χ1n) is 10.2. The van der Waals surface area contributed by atoms with Crippen LogP contribution in [0.15, 0.2) is 36.5 Å². The van der Waals surface area contributed by atoms with Crippen molar-refractivity contribution >= 4 is 45.7 Å². The summed E-state index contributed by atoms with van der Waals surface area (Å²) in [7, 11) is 2.68. The van der Waals surface area contributed by atoms with Crippen LogP contribution < -0.4 is 0 Å². The van der Waals surface area contributed by atoms with E-state index in [1.807, 2.05) is 18.2 Å². The SMILES string of the molecule is CN1C(=O)C(Cc2nccc3c4ccccc4n(C(=O)OC(C)(C)C)c23)C(=O)N(C)C1=O. The molecule has 0 radical (unpaired) electrons. The largest absolute Gasteiger partial charge is 0.443 e. The van der Waals surface area contributed by atoms with E-state index >= 15 is 0 Å². The molecule has 4 amide bonds. The fraction of sp³-hybridized carbons (Fsp3) is 0.348. The van der Waals surface area contributed by atoms with Gasteiger partial charge >= 0.3 is 12.1 Å². The third kappa shape index (κ3) is 3.39. The number of rotatable bonds is 2. The molecule has 1 aliphatic rings. The number of imide groups is 2. The van der Waals surface area contributed by atoms with Gasteiger partial charge in [-0.2, -0.15) is 0 Å². The first kappa shape index (κ1) is 21.5. The van der Waals surface area contributed by atoms with E-state index < -0.39 is 35.5 Å². The molecule has 0 N–H and O–H groups in total. The number of pyridine rings is 1. The van der Waals surface area contributed by atoms with Crippen LogP contribution in [0.2, 0.25) is 0 Å². The van der Waals surface area contributed by atoms with Gasteiger partial charge in [-0.3, -0.25) is 24.4 Å². The molecule has 1 aliphatic heterocycles. The predicted octanol–water partition coefficient (Wildman–Crippen LogP) is 3.18. The van der Waals surface area contributed by atoms with Gasteiger partial charge in [-0.25, -0.2) is 14.2 Å². The van der Waals surface area contributed by atoms with Crippen LogP contribution in [0, 0.1) is 5.92 Å². The molecular formula is C23H24N4O5. The van der Waals surface area contributed by atoms with Crippen molar-refractivity contribution in [3.8, 4) is 0 Å². The third-order valence-electron chi connectivity index (χ3n) is 5.46. The zero-order valence-corrected chi connectivity index (χ0v) is 18.6. The van der Waals surface area contributed by atoms with Gasteiger partial charge in [0.25, 0.3) is 0 Å². The smallest absolute Gasteiger partial charge is 0.419 e. The summed E-state index contributed by atoms with van der Waals surface area (Å²) in [5.74, 6) is -2.32. The Kier molecular flexibility index (Phi) is 4.99. The number of carbonyl (C=O) groups excluding carboxylic acids is 4. The number of hydrogen-bond acceptors (Lipinski definition) is 6. The molecule has 2 aromatic heterocycles. The van der Waals surface area contributed by atoms with Gasteiger partial charge in [0.15, 0.2) is 0 Å². The average molecular weight is 436 g/mol. The van der Waals surface area contributed by atoms with Crippen LogP contribution in [0.5, 0.6) is 0 Å². The highest BCUT2D eigenvalue weighted by atomic mass is 16.6. The Morgan fingerprint density at radius 1 is 1.00 bits per heavy atom. The lowest BCUT2D eigenvalue weighted by Crippen LogP contribution is -2.57. The molecule has 1 aromatic carbocycles. The zero-order chi connectivity index (χ0) is 23.4. The third-order valence-corrected chi connectivity index (χ3v) is 5.46. The van der Waals surface area contributed by atoms with Crippen LogP contribution >= 0.6 is 0 Å². The molecule has 3 aromatic rings. The fourth-order valence-corrected chi connectivity index (χ4v) is 3.98. The van der Waals surface area contributed by atoms with E-state index in [4.69, 9.17) is 4.74 Å². The van der Waals surface area contributed by atoms with Crippen molar-refractivity contribution in [2.24, 2.45) is 5.92 Å². The number of carbonyl (C=O) groups is 4. The van der Waals surface area contributed by atoms with Gasteiger partial charge in [0.1, 0.15) is 11.5 Å². The monoisotopic (exact) mass is 436 g/mol. The Morgan fingerprint density at radius 3 is 2.25 bits per heavy atom. The molecule has 3 heterocycles. The molecule has 9 heteroatoms. The van der Waals surface area contributed by atoms with Gasteiger partial charge in [0.05, 0.1) is 16.7 Å². The Bertz CT molecular complexity index is 1260. The van der Waals surface area contributed by atoms with Crippen molar-refractivity contribution in [3.05, 3.63) is 42.2 Å². The maximum Gasteiger partial charge on any atom is 0.419 e. The summed E-state index contributed by atoms with van der Waals surface area (Å²) >= 11 is 0. The fourth-order valence-electron chi connectivity index (χ4n) is 3.98. The van der Waals surface area contributed by atoms with Crippen molar-refractivity contribution in [3.63, 3.8) is 0 Å². The molecule has 0 spiro atoms. The van der Waals surface area contributed by atoms with Crippen molar-refractivity contribution in [1.82, 2.24) is 19.4 Å². The first-order valence-corrected chi connectivity index (χ1v) is 10.2. The topological polar surface area (TPSA) is 102 Å². The summed E-state index contributed by atoms with van der Waals surface area (Å²) in [6.07, 6.45) is 0.944. The van der Waals surface area contributed by atoms with Gasteiger partial charge in [0.2, 0.25) is 11.8 Å². The number of benzene rings is 1. The maximum absolute atomic E-state index is 13.2. The van der Waals surface area contributed by atoms with Crippen molar-refractivity contribution in [2.45, 2.75) is 32.8 Å². The molecular weight excluding hydrogens is 412 g/mol. The Morgan fingerprint density at radius 2 is 1.62 bits per heavy atom. The molecule has 0 atom stereocenters. The van der Waals surface area contributed by atoms with E-state index in [0.717, 1.165) is 20.6 Å². The summed E-state index contributed by atoms with van der Waals surface area (Å²) < 4.78 is 7.07. The Hall–Kier alpha value is -3.75. The lowest BCUT2D eigenvalue weighted by Gasteiger charge is -2.32. The maximum atomic E-state index is 13.2. The van der Waals surface area contributed by atoms with Gasteiger partial charge in [-0.05, 0) is 32.9 Å². The molecule has 0 saturated carbocycles. The molecule has 166 valence electrons. The summed E-state index contributed by atoms with van der Waals surface area (Å²) in [4.78, 5) is 57.0. The van der Waals surface area contributed by atoms with E-state index in [0.29, 0.717) is 16.7 Å². The molecule has 0 bridgehead atoms. The highest BCUT2D eigenvalue weighted by Gasteiger charge is 2.43. The normalized spacial score (nSPS) is 15.8. The number of amides is 4. The van der Waals surface area contributed by atoms with E-state index in [1.54, 1.807) is 39.1 Å². The molecule has 32 heavy (non-hydrogen) atoms. The molecule has 9 nitrogen and oxygen atoms in total. The minimum atomic E-state index is -1.12. The van der Waals surface area contributed by atoms with Gasteiger partial charge < -0.3 is 4.74 Å². The van der Waals surface area contributed by atoms with Crippen molar-refractivity contribution in [1.29, 1.82) is 0 Å². The molecule has 1 fully saturated rings. The molecule has 1 saturated heterocycles. The number of aromatic nitrogens is 2. The number of hydrogen-bond donors (Lipinski definition) is 0. The second-order valence-electron chi connectivity index (χ2n) is 8.82. The Labute approximate surface area is 184 Å². The number of nitrogens with zero attached hydrogens (tertiary/aromatic N) is 4. The first-order chi connectivity index (χ1) is 15.0. The van der Waals surface area contributed by atoms with Crippen LogP contribution in [0.4, 0.5) is 9.59 Å². The van der Waals surface area contributed by atoms with Crippen molar-refractivity contribution in [2.75, 3.05) is 14.1 Å². The van der Waals surface area contributed by atoms with Crippen LogP contribution in [-0.2, 0) is 20.7 Å². The van der Waals surface area contributed by atoms with Crippen LogP contribution in [0.25, 0.3) is 21.8 Å².